The second-order valence-electron chi connectivity index (χ2n) is 5.99. The molecule has 0 aliphatic heterocycles. The molecule has 0 atom stereocenters. The smallest absolute Gasteiger partial charge is 0.345 e. The van der Waals surface area contributed by atoms with Crippen LogP contribution in [0.1, 0.15) is 38.7 Å². The fourth-order valence-electron chi connectivity index (χ4n) is 2.78. The third-order valence-electron chi connectivity index (χ3n) is 4.25. The molecule has 7 nitrogen and oxygen atoms in total. The van der Waals surface area contributed by atoms with Crippen LogP contribution in [0, 0.1) is 0 Å². The van der Waals surface area contributed by atoms with E-state index in [1.54, 1.807) is 23.0 Å². The molecule has 3 aromatic heterocycles. The summed E-state index contributed by atoms with van der Waals surface area (Å²) in [6, 6.07) is 5.49. The average molecular weight is 344 g/mol. The van der Waals surface area contributed by atoms with Crippen molar-refractivity contribution in [3.63, 3.8) is 0 Å². The molecule has 0 unspecified atom stereocenters. The molecular formula is C16H16N4O3S. The fraction of sp³-hybridized carbons (Fsp3) is 0.312. The monoisotopic (exact) mass is 344 g/mol. The second-order valence-corrected chi connectivity index (χ2v) is 7.07. The van der Waals surface area contributed by atoms with E-state index in [-0.39, 0.29) is 16.8 Å². The molecule has 24 heavy (non-hydrogen) atoms. The highest BCUT2D eigenvalue weighted by atomic mass is 32.1. The van der Waals surface area contributed by atoms with E-state index in [0.29, 0.717) is 17.8 Å². The first kappa shape index (κ1) is 14.9. The van der Waals surface area contributed by atoms with Gasteiger partial charge < -0.3 is 15.0 Å². The quantitative estimate of drug-likeness (QED) is 0.744. The van der Waals surface area contributed by atoms with E-state index < -0.39 is 5.97 Å². The Bertz CT molecular complexity index is 903. The Hall–Kier alpha value is -2.61. The van der Waals surface area contributed by atoms with Crippen molar-refractivity contribution in [3.05, 3.63) is 40.7 Å². The van der Waals surface area contributed by atoms with Gasteiger partial charge in [-0.2, -0.15) is 5.10 Å². The largest absolute Gasteiger partial charge is 0.477 e. The van der Waals surface area contributed by atoms with E-state index >= 15 is 0 Å². The molecule has 2 N–H and O–H groups in total. The van der Waals surface area contributed by atoms with Gasteiger partial charge in [0.2, 0.25) is 0 Å². The Labute approximate surface area is 141 Å². The van der Waals surface area contributed by atoms with Gasteiger partial charge in [0, 0.05) is 19.3 Å². The number of aryl methyl sites for hydroxylation is 1. The Morgan fingerprint density at radius 1 is 1.46 bits per heavy atom. The standard InChI is InChI=1S/C16H16N4O3S/c1-19-10(4-5-17-19)8-20(9-2-3-9)15(21)12-7-13-11(18-12)6-14(24-13)16(22)23/h4-7,9,18H,2-3,8H2,1H3,(H,22,23). The van der Waals surface area contributed by atoms with Crippen LogP contribution < -0.4 is 0 Å². The Balaban J connectivity index is 1.61. The van der Waals surface area contributed by atoms with Gasteiger partial charge in [-0.15, -0.1) is 11.3 Å². The van der Waals surface area contributed by atoms with Crippen LogP contribution >= 0.6 is 11.3 Å². The molecule has 1 aliphatic rings. The number of carbonyl (C=O) groups excluding carboxylic acids is 1. The molecule has 0 bridgehead atoms. The molecule has 0 aromatic carbocycles. The molecule has 0 radical (unpaired) electrons. The topological polar surface area (TPSA) is 91.2 Å². The number of carboxylic acid groups (broad SMARTS) is 1. The number of nitrogens with zero attached hydrogens (tertiary/aromatic N) is 3. The van der Waals surface area contributed by atoms with E-state index in [4.69, 9.17) is 5.11 Å². The number of rotatable bonds is 5. The molecule has 1 fully saturated rings. The lowest BCUT2D eigenvalue weighted by molar-refractivity contribution is 0.0699. The Kier molecular flexibility index (Phi) is 3.42. The third kappa shape index (κ3) is 2.58. The maximum atomic E-state index is 12.9. The van der Waals surface area contributed by atoms with Gasteiger partial charge in [-0.3, -0.25) is 9.48 Å². The van der Waals surface area contributed by atoms with Gasteiger partial charge in [-0.1, -0.05) is 0 Å². The van der Waals surface area contributed by atoms with Crippen molar-refractivity contribution in [3.8, 4) is 0 Å². The first-order chi connectivity index (χ1) is 11.5. The van der Waals surface area contributed by atoms with Gasteiger partial charge in [0.1, 0.15) is 10.6 Å². The fourth-order valence-corrected chi connectivity index (χ4v) is 3.68. The van der Waals surface area contributed by atoms with Gasteiger partial charge >= 0.3 is 5.97 Å². The van der Waals surface area contributed by atoms with Crippen molar-refractivity contribution in [2.75, 3.05) is 0 Å². The van der Waals surface area contributed by atoms with Gasteiger partial charge in [0.05, 0.1) is 22.5 Å². The SMILES string of the molecule is Cn1nccc1CN(C(=O)c1cc2sc(C(=O)O)cc2[nH]1)C1CC1. The predicted molar refractivity (Wildman–Crippen MR) is 89.2 cm³/mol. The Morgan fingerprint density at radius 2 is 2.25 bits per heavy atom. The van der Waals surface area contributed by atoms with Crippen LogP contribution in [0.3, 0.4) is 0 Å². The highest BCUT2D eigenvalue weighted by Gasteiger charge is 2.34. The molecule has 0 spiro atoms. The minimum Gasteiger partial charge on any atom is -0.477 e. The maximum Gasteiger partial charge on any atom is 0.345 e. The molecule has 1 saturated carbocycles. The summed E-state index contributed by atoms with van der Waals surface area (Å²) in [5, 5.41) is 13.2. The van der Waals surface area contributed by atoms with Crippen LogP contribution in [0.5, 0.6) is 0 Å². The molecule has 3 aromatic rings. The predicted octanol–water partition coefficient (Wildman–Crippen LogP) is 2.47. The van der Waals surface area contributed by atoms with Crippen molar-refractivity contribution in [1.82, 2.24) is 19.7 Å². The van der Waals surface area contributed by atoms with Gasteiger partial charge in [0.15, 0.2) is 0 Å². The van der Waals surface area contributed by atoms with Crippen LogP contribution in [0.4, 0.5) is 0 Å². The lowest BCUT2D eigenvalue weighted by atomic mass is 10.3. The molecule has 0 saturated heterocycles. The first-order valence-electron chi connectivity index (χ1n) is 7.66. The number of nitrogens with one attached hydrogen (secondary N) is 1. The molecule has 1 aliphatic carbocycles. The van der Waals surface area contributed by atoms with Crippen molar-refractivity contribution < 1.29 is 14.7 Å². The first-order valence-corrected chi connectivity index (χ1v) is 8.48. The van der Waals surface area contributed by atoms with Crippen LogP contribution in [-0.2, 0) is 13.6 Å². The third-order valence-corrected chi connectivity index (χ3v) is 5.32. The average Bonchev–Trinajstić information content (AvgIpc) is 2.98. The summed E-state index contributed by atoms with van der Waals surface area (Å²) in [5.74, 6) is -1.01. The van der Waals surface area contributed by atoms with Gasteiger partial charge in [-0.05, 0) is 31.0 Å². The normalized spacial score (nSPS) is 14.2. The van der Waals surface area contributed by atoms with Crippen molar-refractivity contribution in [2.45, 2.75) is 25.4 Å². The molecule has 124 valence electrons. The zero-order valence-electron chi connectivity index (χ0n) is 13.0. The zero-order chi connectivity index (χ0) is 16.8. The summed E-state index contributed by atoms with van der Waals surface area (Å²) in [6.07, 6.45) is 3.76. The summed E-state index contributed by atoms with van der Waals surface area (Å²) < 4.78 is 2.56. The molecule has 3 heterocycles. The molecular weight excluding hydrogens is 328 g/mol. The highest BCUT2D eigenvalue weighted by Crippen LogP contribution is 2.31. The van der Waals surface area contributed by atoms with Gasteiger partial charge in [-0.25, -0.2) is 4.79 Å². The number of hydrogen-bond acceptors (Lipinski definition) is 4. The Morgan fingerprint density at radius 3 is 2.83 bits per heavy atom. The number of aromatic nitrogens is 3. The molecule has 4 rings (SSSR count). The summed E-state index contributed by atoms with van der Waals surface area (Å²) >= 11 is 1.17. The summed E-state index contributed by atoms with van der Waals surface area (Å²) in [7, 11) is 1.86. The number of amides is 1. The second kappa shape index (κ2) is 5.48. The lowest BCUT2D eigenvalue weighted by Crippen LogP contribution is -2.33. The minimum absolute atomic E-state index is 0.0565. The van der Waals surface area contributed by atoms with Crippen LogP contribution in [0.2, 0.25) is 0 Å². The van der Waals surface area contributed by atoms with Crippen molar-refractivity contribution >= 4 is 33.4 Å². The number of carbonyl (C=O) groups is 2. The number of hydrogen-bond donors (Lipinski definition) is 2. The summed E-state index contributed by atoms with van der Waals surface area (Å²) in [4.78, 5) is 29.1. The van der Waals surface area contributed by atoms with E-state index in [0.717, 1.165) is 23.2 Å². The van der Waals surface area contributed by atoms with Crippen LogP contribution in [-0.4, -0.2) is 42.7 Å². The number of thiophene rings is 1. The zero-order valence-corrected chi connectivity index (χ0v) is 13.8. The minimum atomic E-state index is -0.951. The number of H-pyrrole nitrogens is 1. The van der Waals surface area contributed by atoms with E-state index in [1.807, 2.05) is 18.0 Å². The van der Waals surface area contributed by atoms with E-state index in [9.17, 15) is 9.59 Å². The summed E-state index contributed by atoms with van der Waals surface area (Å²) in [5.41, 5.74) is 2.18. The molecule has 8 heteroatoms. The van der Waals surface area contributed by atoms with Gasteiger partial charge in [0.25, 0.3) is 5.91 Å². The van der Waals surface area contributed by atoms with E-state index in [2.05, 4.69) is 10.1 Å². The van der Waals surface area contributed by atoms with Crippen LogP contribution in [0.25, 0.3) is 10.2 Å². The van der Waals surface area contributed by atoms with Crippen molar-refractivity contribution in [1.29, 1.82) is 0 Å². The number of aromatic carboxylic acids is 1. The summed E-state index contributed by atoms with van der Waals surface area (Å²) in [6.45, 7) is 0.521. The van der Waals surface area contributed by atoms with Crippen molar-refractivity contribution in [2.24, 2.45) is 7.05 Å². The molecule has 1 amide bonds. The maximum absolute atomic E-state index is 12.9. The number of aromatic amines is 1. The number of fused-ring (bicyclic) bond motifs is 1. The highest BCUT2D eigenvalue weighted by molar-refractivity contribution is 7.20. The van der Waals surface area contributed by atoms with Crippen LogP contribution in [0.15, 0.2) is 24.4 Å². The number of carboxylic acids is 1. The lowest BCUT2D eigenvalue weighted by Gasteiger charge is -2.21. The van der Waals surface area contributed by atoms with E-state index in [1.165, 1.54) is 11.3 Å².